The van der Waals surface area contributed by atoms with Gasteiger partial charge in [0, 0.05) is 56.6 Å². The van der Waals surface area contributed by atoms with Gasteiger partial charge in [-0.2, -0.15) is 9.61 Å². The maximum absolute atomic E-state index is 5.23. The van der Waals surface area contributed by atoms with Crippen LogP contribution in [0.15, 0.2) is 36.9 Å². The SMILES string of the molecule is C=C1c2c(C)cccc2CCCCCN(C)c2cc(N3CCCC3)nc3cc(nn23)[C@@H]2CCCCN12. The highest BCUT2D eigenvalue weighted by molar-refractivity contribution is 5.69. The van der Waals surface area contributed by atoms with Crippen molar-refractivity contribution < 1.29 is 0 Å². The first-order valence-electron chi connectivity index (χ1n) is 14.0. The Bertz CT molecular complexity index is 1250. The van der Waals surface area contributed by atoms with Gasteiger partial charge in [-0.15, -0.1) is 0 Å². The molecule has 2 aromatic heterocycles. The lowest BCUT2D eigenvalue weighted by Gasteiger charge is -2.39. The van der Waals surface area contributed by atoms with E-state index >= 15 is 0 Å². The molecule has 0 saturated carbocycles. The number of anilines is 2. The van der Waals surface area contributed by atoms with E-state index in [4.69, 9.17) is 16.7 Å². The minimum absolute atomic E-state index is 0.235. The van der Waals surface area contributed by atoms with E-state index in [1.807, 2.05) is 0 Å². The lowest BCUT2D eigenvalue weighted by molar-refractivity contribution is 0.226. The second kappa shape index (κ2) is 9.79. The number of aryl methyl sites for hydroxylation is 2. The van der Waals surface area contributed by atoms with E-state index in [1.165, 1.54) is 67.3 Å². The standard InChI is InChI=1S/C30H40N6/c1-22-12-11-14-24-13-5-4-7-16-33(3)29-21-27(34-17-9-10-18-34)31-28-20-25(32-36(28)29)26-15-6-8-19-35(26)23(2)30(22)24/h11-12,14,20-21,26H,2,4-10,13,15-19H2,1,3H3/t26-/m0/s1. The molecule has 1 atom stereocenters. The molecule has 1 aromatic carbocycles. The van der Waals surface area contributed by atoms with Crippen molar-refractivity contribution in [3.8, 4) is 0 Å². The van der Waals surface area contributed by atoms with E-state index in [0.717, 1.165) is 62.0 Å². The van der Waals surface area contributed by atoms with Gasteiger partial charge in [0.15, 0.2) is 5.65 Å². The van der Waals surface area contributed by atoms with Crippen molar-refractivity contribution in [2.75, 3.05) is 43.0 Å². The summed E-state index contributed by atoms with van der Waals surface area (Å²) in [6.45, 7) is 11.2. The summed E-state index contributed by atoms with van der Waals surface area (Å²) in [5, 5.41) is 5.23. The predicted molar refractivity (Wildman–Crippen MR) is 149 cm³/mol. The fourth-order valence-corrected chi connectivity index (χ4v) is 6.52. The van der Waals surface area contributed by atoms with Crippen LogP contribution in [0, 0.1) is 6.92 Å². The summed E-state index contributed by atoms with van der Waals surface area (Å²) in [6.07, 6.45) is 10.7. The van der Waals surface area contributed by atoms with E-state index in [9.17, 15) is 0 Å². The fourth-order valence-electron chi connectivity index (χ4n) is 6.52. The Kier molecular flexibility index (Phi) is 6.36. The van der Waals surface area contributed by atoms with Crippen LogP contribution in [0.4, 0.5) is 11.6 Å². The van der Waals surface area contributed by atoms with E-state index in [-0.39, 0.29) is 6.04 Å². The molecule has 2 bridgehead atoms. The van der Waals surface area contributed by atoms with Crippen LogP contribution < -0.4 is 9.80 Å². The van der Waals surface area contributed by atoms with Gasteiger partial charge in [-0.3, -0.25) is 0 Å². The Balaban J connectivity index is 1.47. The van der Waals surface area contributed by atoms with Crippen molar-refractivity contribution in [2.45, 2.75) is 70.8 Å². The third-order valence-corrected chi connectivity index (χ3v) is 8.51. The Morgan fingerprint density at radius 3 is 2.58 bits per heavy atom. The second-order valence-corrected chi connectivity index (χ2v) is 11.0. The molecule has 0 amide bonds. The number of hydrogen-bond acceptors (Lipinski definition) is 5. The van der Waals surface area contributed by atoms with E-state index in [1.54, 1.807) is 0 Å². The Morgan fingerprint density at radius 2 is 1.72 bits per heavy atom. The zero-order valence-corrected chi connectivity index (χ0v) is 22.0. The van der Waals surface area contributed by atoms with Crippen LogP contribution in [0.5, 0.6) is 0 Å². The average molecular weight is 485 g/mol. The highest BCUT2D eigenvalue weighted by Gasteiger charge is 2.30. The van der Waals surface area contributed by atoms with Crippen molar-refractivity contribution in [3.63, 3.8) is 0 Å². The number of nitrogens with zero attached hydrogens (tertiary/aromatic N) is 6. The molecule has 0 N–H and O–H groups in total. The number of hydrogen-bond donors (Lipinski definition) is 0. The second-order valence-electron chi connectivity index (χ2n) is 11.0. The van der Waals surface area contributed by atoms with Gasteiger partial charge < -0.3 is 14.7 Å². The molecular formula is C30H40N6. The Hall–Kier alpha value is -3.02. The Labute approximate surface area is 215 Å². The average Bonchev–Trinajstić information content (AvgIpc) is 3.57. The predicted octanol–water partition coefficient (Wildman–Crippen LogP) is 6.00. The van der Waals surface area contributed by atoms with Crippen molar-refractivity contribution >= 4 is 23.0 Å². The van der Waals surface area contributed by atoms with Crippen LogP contribution in [0.2, 0.25) is 0 Å². The summed E-state index contributed by atoms with van der Waals surface area (Å²) in [7, 11) is 2.22. The molecule has 0 spiro atoms. The normalized spacial score (nSPS) is 21.4. The molecule has 3 aliphatic heterocycles. The van der Waals surface area contributed by atoms with Crippen molar-refractivity contribution in [1.82, 2.24) is 19.5 Å². The molecule has 0 radical (unpaired) electrons. The lowest BCUT2D eigenvalue weighted by atomic mass is 9.92. The van der Waals surface area contributed by atoms with Gasteiger partial charge in [0.2, 0.25) is 0 Å². The van der Waals surface area contributed by atoms with E-state index < -0.39 is 0 Å². The lowest BCUT2D eigenvalue weighted by Crippen LogP contribution is -2.32. The summed E-state index contributed by atoms with van der Waals surface area (Å²) in [5.74, 6) is 2.26. The van der Waals surface area contributed by atoms with Gasteiger partial charge in [0.1, 0.15) is 11.6 Å². The molecule has 0 unspecified atom stereocenters. The van der Waals surface area contributed by atoms with Crippen LogP contribution in [0.25, 0.3) is 11.3 Å². The zero-order valence-electron chi connectivity index (χ0n) is 22.0. The first kappa shape index (κ1) is 23.4. The summed E-state index contributed by atoms with van der Waals surface area (Å²) in [5.41, 5.74) is 7.40. The first-order valence-corrected chi connectivity index (χ1v) is 14.0. The molecular weight excluding hydrogens is 444 g/mol. The maximum Gasteiger partial charge on any atom is 0.160 e. The summed E-state index contributed by atoms with van der Waals surface area (Å²) in [6, 6.07) is 11.5. The van der Waals surface area contributed by atoms with Crippen LogP contribution in [0.1, 0.15) is 79.8 Å². The first-order chi connectivity index (χ1) is 17.6. The topological polar surface area (TPSA) is 39.9 Å². The van der Waals surface area contributed by atoms with Crippen LogP contribution >= 0.6 is 0 Å². The number of aromatic nitrogens is 3. The van der Waals surface area contributed by atoms with Gasteiger partial charge >= 0.3 is 0 Å². The molecule has 3 aliphatic rings. The molecule has 6 heteroatoms. The molecule has 190 valence electrons. The molecule has 2 saturated heterocycles. The highest BCUT2D eigenvalue weighted by Crippen LogP contribution is 2.39. The highest BCUT2D eigenvalue weighted by atomic mass is 15.4. The number of benzene rings is 1. The largest absolute Gasteiger partial charge is 0.363 e. The van der Waals surface area contributed by atoms with Gasteiger partial charge in [-0.05, 0) is 69.4 Å². The molecule has 36 heavy (non-hydrogen) atoms. The van der Waals surface area contributed by atoms with Gasteiger partial charge in [-0.1, -0.05) is 31.2 Å². The molecule has 2 fully saturated rings. The third-order valence-electron chi connectivity index (χ3n) is 8.51. The van der Waals surface area contributed by atoms with Gasteiger partial charge in [-0.25, -0.2) is 4.98 Å². The van der Waals surface area contributed by atoms with Crippen LogP contribution in [-0.2, 0) is 6.42 Å². The zero-order chi connectivity index (χ0) is 24.6. The van der Waals surface area contributed by atoms with Gasteiger partial charge in [0.05, 0.1) is 11.7 Å². The molecule has 3 aromatic rings. The summed E-state index contributed by atoms with van der Waals surface area (Å²) >= 11 is 0. The maximum atomic E-state index is 5.23. The van der Waals surface area contributed by atoms with Crippen LogP contribution in [0.3, 0.4) is 0 Å². The van der Waals surface area contributed by atoms with Crippen molar-refractivity contribution in [3.05, 3.63) is 59.3 Å². The molecule has 0 aliphatic carbocycles. The fraction of sp³-hybridized carbons (Fsp3) is 0.533. The van der Waals surface area contributed by atoms with E-state index in [0.29, 0.717) is 0 Å². The number of rotatable bonds is 1. The molecule has 5 heterocycles. The number of piperidine rings is 1. The van der Waals surface area contributed by atoms with Crippen molar-refractivity contribution in [2.24, 2.45) is 0 Å². The van der Waals surface area contributed by atoms with Crippen LogP contribution in [-0.4, -0.2) is 52.7 Å². The van der Waals surface area contributed by atoms with Crippen molar-refractivity contribution in [1.29, 1.82) is 0 Å². The molecule has 6 nitrogen and oxygen atoms in total. The monoisotopic (exact) mass is 484 g/mol. The smallest absolute Gasteiger partial charge is 0.160 e. The Morgan fingerprint density at radius 1 is 0.917 bits per heavy atom. The quantitative estimate of drug-likeness (QED) is 0.424. The summed E-state index contributed by atoms with van der Waals surface area (Å²) in [4.78, 5) is 12.5. The van der Waals surface area contributed by atoms with E-state index in [2.05, 4.69) is 63.5 Å². The molecule has 6 rings (SSSR count). The summed E-state index contributed by atoms with van der Waals surface area (Å²) < 4.78 is 2.10. The number of fused-ring (bicyclic) bond motifs is 4. The third kappa shape index (κ3) is 4.25. The minimum Gasteiger partial charge on any atom is -0.363 e. The minimum atomic E-state index is 0.235. The van der Waals surface area contributed by atoms with Gasteiger partial charge in [0.25, 0.3) is 0 Å².